The molecule has 28 heavy (non-hydrogen) atoms. The van der Waals surface area contributed by atoms with Gasteiger partial charge < -0.3 is 4.74 Å². The summed E-state index contributed by atoms with van der Waals surface area (Å²) in [6, 6.07) is 0. The van der Waals surface area contributed by atoms with Gasteiger partial charge in [0.2, 0.25) is 0 Å². The highest BCUT2D eigenvalue weighted by Gasteiger charge is 2.02. The predicted molar refractivity (Wildman–Crippen MR) is 124 cm³/mol. The summed E-state index contributed by atoms with van der Waals surface area (Å²) in [5, 5.41) is 0. The molecule has 0 radical (unpaired) electrons. The Balaban J connectivity index is 3.18. The van der Waals surface area contributed by atoms with E-state index in [-0.39, 0.29) is 5.97 Å². The smallest absolute Gasteiger partial charge is 0.305 e. The number of allylic oxidation sites excluding steroid dienone is 2. The lowest BCUT2D eigenvalue weighted by Gasteiger charge is -2.05. The van der Waals surface area contributed by atoms with Crippen molar-refractivity contribution in [2.75, 3.05) is 6.61 Å². The Bertz CT molecular complexity index is 335. The van der Waals surface area contributed by atoms with E-state index in [1.54, 1.807) is 0 Å². The SMILES string of the molecule is CCCC/C=C/CCCCCCCCOC(=O)CCCCCCCCCCC. The fourth-order valence-corrected chi connectivity index (χ4v) is 3.47. The van der Waals surface area contributed by atoms with Crippen molar-refractivity contribution in [2.45, 2.75) is 142 Å². The van der Waals surface area contributed by atoms with Crippen LogP contribution >= 0.6 is 0 Å². The van der Waals surface area contributed by atoms with Crippen LogP contribution in [0.15, 0.2) is 12.2 Å². The van der Waals surface area contributed by atoms with Gasteiger partial charge in [-0.15, -0.1) is 0 Å². The van der Waals surface area contributed by atoms with Crippen LogP contribution in [0, 0.1) is 0 Å². The fourth-order valence-electron chi connectivity index (χ4n) is 3.47. The molecule has 0 fully saturated rings. The molecule has 0 aliphatic carbocycles. The van der Waals surface area contributed by atoms with Gasteiger partial charge in [0.05, 0.1) is 6.61 Å². The second-order valence-electron chi connectivity index (χ2n) is 8.32. The predicted octanol–water partition coefficient (Wildman–Crippen LogP) is 8.93. The first-order valence-corrected chi connectivity index (χ1v) is 12.6. The van der Waals surface area contributed by atoms with E-state index in [4.69, 9.17) is 4.74 Å². The zero-order valence-electron chi connectivity index (χ0n) is 19.3. The molecule has 2 nitrogen and oxygen atoms in total. The average molecular weight is 395 g/mol. The normalized spacial score (nSPS) is 11.4. The average Bonchev–Trinajstić information content (AvgIpc) is 2.70. The molecule has 0 aromatic rings. The monoisotopic (exact) mass is 394 g/mol. The molecule has 0 saturated heterocycles. The Hall–Kier alpha value is -0.790. The van der Waals surface area contributed by atoms with Crippen LogP contribution in [0.5, 0.6) is 0 Å². The summed E-state index contributed by atoms with van der Waals surface area (Å²) in [6.45, 7) is 5.12. The standard InChI is InChI=1S/C26H50O2/c1-3-5-7-9-11-13-14-15-17-19-21-23-25-28-26(27)24-22-20-18-16-12-10-8-6-4-2/h9,11H,3-8,10,12-25H2,1-2H3/b11-9+. The minimum Gasteiger partial charge on any atom is -0.466 e. The Morgan fingerprint density at radius 1 is 0.571 bits per heavy atom. The highest BCUT2D eigenvalue weighted by molar-refractivity contribution is 5.69. The first kappa shape index (κ1) is 27.2. The van der Waals surface area contributed by atoms with E-state index in [1.165, 1.54) is 109 Å². The maximum Gasteiger partial charge on any atom is 0.305 e. The van der Waals surface area contributed by atoms with E-state index in [0.717, 1.165) is 12.8 Å². The van der Waals surface area contributed by atoms with E-state index in [9.17, 15) is 4.79 Å². The lowest BCUT2D eigenvalue weighted by molar-refractivity contribution is -0.143. The molecule has 0 saturated carbocycles. The molecule has 0 rings (SSSR count). The highest BCUT2D eigenvalue weighted by Crippen LogP contribution is 2.11. The van der Waals surface area contributed by atoms with Crippen molar-refractivity contribution in [2.24, 2.45) is 0 Å². The highest BCUT2D eigenvalue weighted by atomic mass is 16.5. The largest absolute Gasteiger partial charge is 0.466 e. The van der Waals surface area contributed by atoms with Crippen LogP contribution in [0.25, 0.3) is 0 Å². The van der Waals surface area contributed by atoms with Crippen LogP contribution in [-0.2, 0) is 9.53 Å². The van der Waals surface area contributed by atoms with Gasteiger partial charge in [-0.1, -0.05) is 116 Å². The molecule has 0 aliphatic rings. The zero-order valence-corrected chi connectivity index (χ0v) is 19.3. The molecule has 0 bridgehead atoms. The quantitative estimate of drug-likeness (QED) is 0.104. The number of carbonyl (C=O) groups is 1. The molecule has 0 heterocycles. The number of hydrogen-bond acceptors (Lipinski definition) is 2. The van der Waals surface area contributed by atoms with Gasteiger partial charge in [0, 0.05) is 6.42 Å². The lowest BCUT2D eigenvalue weighted by atomic mass is 10.1. The molecular formula is C26H50O2. The number of unbranched alkanes of at least 4 members (excludes halogenated alkanes) is 16. The van der Waals surface area contributed by atoms with E-state index in [2.05, 4.69) is 26.0 Å². The van der Waals surface area contributed by atoms with Gasteiger partial charge in [-0.2, -0.15) is 0 Å². The lowest BCUT2D eigenvalue weighted by Crippen LogP contribution is -2.05. The number of rotatable bonds is 22. The molecule has 0 atom stereocenters. The number of ether oxygens (including phenoxy) is 1. The molecule has 0 unspecified atom stereocenters. The Morgan fingerprint density at radius 3 is 1.64 bits per heavy atom. The van der Waals surface area contributed by atoms with Crippen LogP contribution < -0.4 is 0 Å². The molecular weight excluding hydrogens is 344 g/mol. The van der Waals surface area contributed by atoms with E-state index in [0.29, 0.717) is 13.0 Å². The molecule has 0 N–H and O–H groups in total. The van der Waals surface area contributed by atoms with Crippen LogP contribution in [0.1, 0.15) is 142 Å². The summed E-state index contributed by atoms with van der Waals surface area (Å²) in [6.07, 6.45) is 29.5. The van der Waals surface area contributed by atoms with Crippen LogP contribution in [0.4, 0.5) is 0 Å². The van der Waals surface area contributed by atoms with Gasteiger partial charge in [0.1, 0.15) is 0 Å². The van der Waals surface area contributed by atoms with Crippen LogP contribution in [0.3, 0.4) is 0 Å². The summed E-state index contributed by atoms with van der Waals surface area (Å²) >= 11 is 0. The number of hydrogen-bond donors (Lipinski definition) is 0. The van der Waals surface area contributed by atoms with Gasteiger partial charge >= 0.3 is 5.97 Å². The molecule has 0 aromatic heterocycles. The van der Waals surface area contributed by atoms with Crippen LogP contribution in [0.2, 0.25) is 0 Å². The second-order valence-corrected chi connectivity index (χ2v) is 8.32. The van der Waals surface area contributed by atoms with E-state index >= 15 is 0 Å². The number of carbonyl (C=O) groups excluding carboxylic acids is 1. The zero-order chi connectivity index (χ0) is 20.5. The maximum atomic E-state index is 11.7. The molecule has 0 aliphatic heterocycles. The van der Waals surface area contributed by atoms with Gasteiger partial charge in [-0.3, -0.25) is 4.79 Å². The summed E-state index contributed by atoms with van der Waals surface area (Å²) in [5.74, 6) is 0.0119. The number of esters is 1. The minimum atomic E-state index is 0.0119. The summed E-state index contributed by atoms with van der Waals surface area (Å²) in [5.41, 5.74) is 0. The van der Waals surface area contributed by atoms with Crippen molar-refractivity contribution in [1.29, 1.82) is 0 Å². The van der Waals surface area contributed by atoms with Crippen LogP contribution in [-0.4, -0.2) is 12.6 Å². The van der Waals surface area contributed by atoms with Crippen molar-refractivity contribution in [3.8, 4) is 0 Å². The Morgan fingerprint density at radius 2 is 1.04 bits per heavy atom. The summed E-state index contributed by atoms with van der Waals surface area (Å²) in [4.78, 5) is 11.7. The molecule has 0 amide bonds. The van der Waals surface area contributed by atoms with Gasteiger partial charge in [0.25, 0.3) is 0 Å². The summed E-state index contributed by atoms with van der Waals surface area (Å²) in [7, 11) is 0. The van der Waals surface area contributed by atoms with Crippen molar-refractivity contribution < 1.29 is 9.53 Å². The third kappa shape index (κ3) is 23.2. The van der Waals surface area contributed by atoms with Crippen molar-refractivity contribution in [1.82, 2.24) is 0 Å². The summed E-state index contributed by atoms with van der Waals surface area (Å²) < 4.78 is 5.36. The van der Waals surface area contributed by atoms with E-state index < -0.39 is 0 Å². The fraction of sp³-hybridized carbons (Fsp3) is 0.885. The van der Waals surface area contributed by atoms with E-state index in [1.807, 2.05) is 0 Å². The third-order valence-corrected chi connectivity index (χ3v) is 5.40. The maximum absolute atomic E-state index is 11.7. The topological polar surface area (TPSA) is 26.3 Å². The molecule has 0 aromatic carbocycles. The van der Waals surface area contributed by atoms with Gasteiger partial charge in [0.15, 0.2) is 0 Å². The van der Waals surface area contributed by atoms with Crippen molar-refractivity contribution >= 4 is 5.97 Å². The van der Waals surface area contributed by atoms with Gasteiger partial charge in [-0.05, 0) is 32.1 Å². The Labute approximate surface area is 176 Å². The Kier molecular flexibility index (Phi) is 23.6. The first-order chi connectivity index (χ1) is 13.8. The molecule has 166 valence electrons. The molecule has 0 spiro atoms. The minimum absolute atomic E-state index is 0.0119. The third-order valence-electron chi connectivity index (χ3n) is 5.40. The molecule has 2 heteroatoms. The second kappa shape index (κ2) is 24.2. The first-order valence-electron chi connectivity index (χ1n) is 12.6. The van der Waals surface area contributed by atoms with Gasteiger partial charge in [-0.25, -0.2) is 0 Å². The van der Waals surface area contributed by atoms with Crippen molar-refractivity contribution in [3.63, 3.8) is 0 Å². The van der Waals surface area contributed by atoms with Crippen molar-refractivity contribution in [3.05, 3.63) is 12.2 Å².